The van der Waals surface area contributed by atoms with Gasteiger partial charge in [-0.1, -0.05) is 19.9 Å². The van der Waals surface area contributed by atoms with Gasteiger partial charge in [-0.3, -0.25) is 4.79 Å². The highest BCUT2D eigenvalue weighted by Crippen LogP contribution is 2.33. The minimum Gasteiger partial charge on any atom is -0.494 e. The van der Waals surface area contributed by atoms with Crippen LogP contribution in [0.4, 0.5) is 8.78 Å². The van der Waals surface area contributed by atoms with E-state index >= 15 is 0 Å². The largest absolute Gasteiger partial charge is 0.494 e. The molecule has 27 heavy (non-hydrogen) atoms. The number of nitrogens with one attached hydrogen (secondary N) is 1. The number of halogens is 3. The normalized spacial score (nSPS) is 18.1. The number of hydrogen-bond acceptors (Lipinski definition) is 3. The number of methoxy groups -OCH3 is 1. The van der Waals surface area contributed by atoms with Gasteiger partial charge in [-0.25, -0.2) is 4.39 Å². The lowest BCUT2D eigenvalue weighted by Crippen LogP contribution is -2.12. The lowest BCUT2D eigenvalue weighted by atomic mass is 10.1. The zero-order valence-corrected chi connectivity index (χ0v) is 17.8. The third-order valence-corrected chi connectivity index (χ3v) is 4.64. The molecule has 4 nitrogen and oxygen atoms in total. The summed E-state index contributed by atoms with van der Waals surface area (Å²) in [6, 6.07) is 5.37. The molecule has 0 bridgehead atoms. The highest BCUT2D eigenvalue weighted by molar-refractivity contribution is 9.10. The quantitative estimate of drug-likeness (QED) is 0.646. The molecule has 0 radical (unpaired) electrons. The summed E-state index contributed by atoms with van der Waals surface area (Å²) in [6.07, 6.45) is 2.33. The standard InChI is InChI=1S/C11H14BrNO2.C7H6F2O.C2H6/c1-6-5-8(14)10(12)11(13-6)9-4-3-7(2)15-9;1-10-6-4-2-3-5(8)7(6)9;1-2/h5,7,9H,3-4H2,1-2H3,(H,13,14);2-4H,1H3;1-2H3. The molecule has 1 saturated heterocycles. The highest BCUT2D eigenvalue weighted by atomic mass is 79.9. The molecule has 1 fully saturated rings. The van der Waals surface area contributed by atoms with Crippen molar-refractivity contribution in [2.24, 2.45) is 0 Å². The Kier molecular flexibility index (Phi) is 9.66. The van der Waals surface area contributed by atoms with E-state index in [1.165, 1.54) is 19.2 Å². The molecule has 1 aliphatic heterocycles. The molecule has 1 aromatic heterocycles. The number of aromatic nitrogens is 1. The Morgan fingerprint density at radius 3 is 2.44 bits per heavy atom. The lowest BCUT2D eigenvalue weighted by molar-refractivity contribution is 0.0524. The van der Waals surface area contributed by atoms with Crippen LogP contribution >= 0.6 is 15.9 Å². The van der Waals surface area contributed by atoms with Crippen LogP contribution in [0.1, 0.15) is 51.1 Å². The van der Waals surface area contributed by atoms with Crippen molar-refractivity contribution in [3.05, 3.63) is 62.0 Å². The SMILES string of the molecule is CC.COc1cccc(F)c1F.Cc1cc(=O)c(Br)c(C2CCC(C)O2)[nH]1. The number of hydrogen-bond donors (Lipinski definition) is 1. The van der Waals surface area contributed by atoms with E-state index in [0.717, 1.165) is 30.3 Å². The Balaban J connectivity index is 0.000000265. The van der Waals surface area contributed by atoms with Crippen molar-refractivity contribution in [2.75, 3.05) is 7.11 Å². The van der Waals surface area contributed by atoms with Crippen LogP contribution in [0.5, 0.6) is 5.75 Å². The molecule has 0 saturated carbocycles. The summed E-state index contributed by atoms with van der Waals surface area (Å²) < 4.78 is 35.7. The predicted octanol–water partition coefficient (Wildman–Crippen LogP) is 5.69. The van der Waals surface area contributed by atoms with Crippen LogP contribution in [0.15, 0.2) is 33.5 Å². The van der Waals surface area contributed by atoms with Crippen LogP contribution in [-0.4, -0.2) is 18.2 Å². The fourth-order valence-electron chi connectivity index (χ4n) is 2.57. The van der Waals surface area contributed by atoms with Crippen LogP contribution in [-0.2, 0) is 4.74 Å². The van der Waals surface area contributed by atoms with Crippen LogP contribution in [0.3, 0.4) is 0 Å². The summed E-state index contributed by atoms with van der Waals surface area (Å²) in [7, 11) is 1.29. The fraction of sp³-hybridized carbons (Fsp3) is 0.450. The minimum absolute atomic E-state index is 0.0180. The first kappa shape index (κ1) is 23.3. The predicted molar refractivity (Wildman–Crippen MR) is 106 cm³/mol. The van der Waals surface area contributed by atoms with E-state index in [9.17, 15) is 13.6 Å². The molecular formula is C20H26BrF2NO3. The zero-order chi connectivity index (χ0) is 20.6. The highest BCUT2D eigenvalue weighted by Gasteiger charge is 2.26. The Labute approximate surface area is 167 Å². The number of pyridine rings is 1. The van der Waals surface area contributed by atoms with Crippen LogP contribution in [0.25, 0.3) is 0 Å². The number of benzene rings is 1. The average molecular weight is 446 g/mol. The lowest BCUT2D eigenvalue weighted by Gasteiger charge is -2.13. The van der Waals surface area contributed by atoms with Crippen LogP contribution in [0.2, 0.25) is 0 Å². The summed E-state index contributed by atoms with van der Waals surface area (Å²) in [5.41, 5.74) is 1.77. The Bertz CT molecular complexity index is 795. The average Bonchev–Trinajstić information content (AvgIpc) is 3.09. The number of aromatic amines is 1. The monoisotopic (exact) mass is 445 g/mol. The van der Waals surface area contributed by atoms with Crippen molar-refractivity contribution in [3.8, 4) is 5.75 Å². The second-order valence-electron chi connectivity index (χ2n) is 5.81. The van der Waals surface area contributed by atoms with Crippen molar-refractivity contribution in [3.63, 3.8) is 0 Å². The van der Waals surface area contributed by atoms with E-state index < -0.39 is 11.6 Å². The topological polar surface area (TPSA) is 51.3 Å². The maximum atomic E-state index is 12.5. The molecule has 2 heterocycles. The van der Waals surface area contributed by atoms with E-state index in [4.69, 9.17) is 4.74 Å². The molecular weight excluding hydrogens is 420 g/mol. The number of aryl methyl sites for hydroxylation is 1. The van der Waals surface area contributed by atoms with E-state index in [1.54, 1.807) is 6.07 Å². The Morgan fingerprint density at radius 2 is 1.93 bits per heavy atom. The van der Waals surface area contributed by atoms with Gasteiger partial charge in [-0.2, -0.15) is 4.39 Å². The first-order valence-corrected chi connectivity index (χ1v) is 9.65. The van der Waals surface area contributed by atoms with Gasteiger partial charge >= 0.3 is 0 Å². The van der Waals surface area contributed by atoms with Crippen molar-refractivity contribution in [2.45, 2.75) is 52.7 Å². The second kappa shape index (κ2) is 11.2. The number of rotatable bonds is 2. The van der Waals surface area contributed by atoms with Gasteiger partial charge in [-0.05, 0) is 54.8 Å². The summed E-state index contributed by atoms with van der Waals surface area (Å²) in [6.45, 7) is 7.94. The molecule has 0 amide bonds. The maximum Gasteiger partial charge on any atom is 0.200 e. The smallest absolute Gasteiger partial charge is 0.200 e. The van der Waals surface area contributed by atoms with Gasteiger partial charge in [0.1, 0.15) is 0 Å². The number of ether oxygens (including phenoxy) is 2. The van der Waals surface area contributed by atoms with Crippen molar-refractivity contribution < 1.29 is 18.3 Å². The second-order valence-corrected chi connectivity index (χ2v) is 6.61. The summed E-state index contributed by atoms with van der Waals surface area (Å²) in [5, 5.41) is 0. The molecule has 1 N–H and O–H groups in total. The minimum atomic E-state index is -0.940. The zero-order valence-electron chi connectivity index (χ0n) is 16.2. The molecule has 7 heteroatoms. The summed E-state index contributed by atoms with van der Waals surface area (Å²) >= 11 is 3.32. The van der Waals surface area contributed by atoms with E-state index in [1.807, 2.05) is 20.8 Å². The molecule has 2 unspecified atom stereocenters. The Hall–Kier alpha value is -1.73. The molecule has 3 rings (SSSR count). The van der Waals surface area contributed by atoms with Crippen molar-refractivity contribution >= 4 is 15.9 Å². The van der Waals surface area contributed by atoms with Crippen molar-refractivity contribution in [1.82, 2.24) is 4.98 Å². The summed E-state index contributed by atoms with van der Waals surface area (Å²) in [4.78, 5) is 14.8. The molecule has 1 aromatic carbocycles. The number of H-pyrrole nitrogens is 1. The van der Waals surface area contributed by atoms with Gasteiger partial charge in [0.25, 0.3) is 0 Å². The molecule has 0 aliphatic carbocycles. The van der Waals surface area contributed by atoms with Crippen molar-refractivity contribution in [1.29, 1.82) is 0 Å². The maximum absolute atomic E-state index is 12.5. The van der Waals surface area contributed by atoms with Crippen LogP contribution in [0, 0.1) is 18.6 Å². The Morgan fingerprint density at radius 1 is 1.26 bits per heavy atom. The van der Waals surface area contributed by atoms with Gasteiger partial charge in [0.2, 0.25) is 5.82 Å². The molecule has 150 valence electrons. The first-order valence-electron chi connectivity index (χ1n) is 8.86. The third-order valence-electron chi connectivity index (χ3n) is 3.82. The van der Waals surface area contributed by atoms with Gasteiger partial charge in [0, 0.05) is 11.8 Å². The van der Waals surface area contributed by atoms with E-state index in [0.29, 0.717) is 4.47 Å². The van der Waals surface area contributed by atoms with E-state index in [-0.39, 0.29) is 23.4 Å². The molecule has 0 spiro atoms. The van der Waals surface area contributed by atoms with Gasteiger partial charge < -0.3 is 14.5 Å². The first-order chi connectivity index (χ1) is 12.8. The molecule has 2 atom stereocenters. The molecule has 1 aliphatic rings. The van der Waals surface area contributed by atoms with Gasteiger partial charge in [-0.15, -0.1) is 0 Å². The van der Waals surface area contributed by atoms with Gasteiger partial charge in [0.05, 0.1) is 29.5 Å². The van der Waals surface area contributed by atoms with Gasteiger partial charge in [0.15, 0.2) is 17.0 Å². The third kappa shape index (κ3) is 6.43. The van der Waals surface area contributed by atoms with E-state index in [2.05, 4.69) is 32.6 Å². The van der Waals surface area contributed by atoms with Crippen LogP contribution < -0.4 is 10.2 Å². The molecule has 2 aromatic rings. The fourth-order valence-corrected chi connectivity index (χ4v) is 3.04. The summed E-state index contributed by atoms with van der Waals surface area (Å²) in [5.74, 6) is -1.90.